The van der Waals surface area contributed by atoms with Crippen LogP contribution in [0.1, 0.15) is 11.1 Å². The third-order valence-corrected chi connectivity index (χ3v) is 6.30. The first kappa shape index (κ1) is 24.1. The highest BCUT2D eigenvalue weighted by Crippen LogP contribution is 2.30. The molecule has 0 fully saturated rings. The maximum atomic E-state index is 9.93. The van der Waals surface area contributed by atoms with Crippen molar-refractivity contribution in [3.63, 3.8) is 0 Å². The molecular weight excluding hydrogens is 458 g/mol. The van der Waals surface area contributed by atoms with Gasteiger partial charge in [-0.05, 0) is 22.2 Å². The number of nitriles is 1. The first-order valence-electron chi connectivity index (χ1n) is 11.0. The molecule has 1 atom stereocenters. The van der Waals surface area contributed by atoms with Crippen LogP contribution in [-0.2, 0) is 5.75 Å². The summed E-state index contributed by atoms with van der Waals surface area (Å²) in [5.41, 5.74) is 14.3. The third kappa shape index (κ3) is 6.09. The van der Waals surface area contributed by atoms with Crippen LogP contribution in [0.2, 0.25) is 0 Å². The van der Waals surface area contributed by atoms with Crippen LogP contribution in [-0.4, -0.2) is 29.6 Å². The highest BCUT2D eigenvalue weighted by atomic mass is 32.2. The van der Waals surface area contributed by atoms with Crippen LogP contribution in [0.4, 0.5) is 5.69 Å². The van der Waals surface area contributed by atoms with Crippen LogP contribution < -0.4 is 10.6 Å². The average molecular weight is 482 g/mol. The Bertz CT molecular complexity index is 1310. The van der Waals surface area contributed by atoms with Gasteiger partial charge in [-0.25, -0.2) is 4.99 Å². The fraction of sp³-hybridized carbons (Fsp3) is 0.154. The quantitative estimate of drug-likeness (QED) is 0.227. The lowest BCUT2D eigenvalue weighted by Crippen LogP contribution is -2.48. The normalized spacial score (nSPS) is 15.0. The minimum Gasteiger partial charge on any atom is -0.395 e. The smallest absolute Gasteiger partial charge is 0.163 e. The molecule has 0 saturated carbocycles. The molecule has 1 heterocycles. The number of aliphatic imine (C=N–C) groups is 1. The van der Waals surface area contributed by atoms with Gasteiger partial charge in [-0.2, -0.15) is 5.26 Å². The van der Waals surface area contributed by atoms with Crippen molar-refractivity contribution >= 4 is 28.3 Å². The van der Waals surface area contributed by atoms with Gasteiger partial charge in [-0.15, -0.1) is 0 Å². The van der Waals surface area contributed by atoms with Gasteiger partial charge in [0.15, 0.2) is 5.17 Å². The number of nitrogens with zero attached hydrogens (tertiary/aromatic N) is 5. The fourth-order valence-corrected chi connectivity index (χ4v) is 4.47. The van der Waals surface area contributed by atoms with Crippen molar-refractivity contribution in [2.75, 3.05) is 13.2 Å². The van der Waals surface area contributed by atoms with Gasteiger partial charge in [0, 0.05) is 28.5 Å². The van der Waals surface area contributed by atoms with E-state index in [9.17, 15) is 10.4 Å². The second-order valence-electron chi connectivity index (χ2n) is 7.63. The van der Waals surface area contributed by atoms with E-state index in [2.05, 4.69) is 38.9 Å². The maximum Gasteiger partial charge on any atom is 0.163 e. The zero-order valence-electron chi connectivity index (χ0n) is 18.8. The molecule has 1 unspecified atom stereocenters. The molecule has 0 saturated heterocycles. The van der Waals surface area contributed by atoms with E-state index in [1.54, 1.807) is 12.1 Å². The second-order valence-corrected chi connectivity index (χ2v) is 8.60. The zero-order chi connectivity index (χ0) is 24.5. The van der Waals surface area contributed by atoms with Crippen LogP contribution in [0.25, 0.3) is 27.3 Å². The molecular formula is C26H23N7OS. The van der Waals surface area contributed by atoms with Gasteiger partial charge < -0.3 is 10.4 Å². The molecule has 8 nitrogen and oxygen atoms in total. The molecule has 3 aromatic carbocycles. The number of aliphatic hydroxyl groups is 1. The van der Waals surface area contributed by atoms with Gasteiger partial charge in [-0.3, -0.25) is 5.32 Å². The monoisotopic (exact) mass is 481 g/mol. The van der Waals surface area contributed by atoms with Crippen LogP contribution in [0.3, 0.4) is 0 Å². The van der Waals surface area contributed by atoms with E-state index in [-0.39, 0.29) is 6.61 Å². The van der Waals surface area contributed by atoms with E-state index in [1.165, 1.54) is 11.8 Å². The summed E-state index contributed by atoms with van der Waals surface area (Å²) in [5.74, 6) is 0.636. The molecule has 0 aliphatic carbocycles. The highest BCUT2D eigenvalue weighted by molar-refractivity contribution is 8.13. The zero-order valence-corrected chi connectivity index (χ0v) is 19.6. The summed E-state index contributed by atoms with van der Waals surface area (Å²) in [6, 6.07) is 27.7. The van der Waals surface area contributed by atoms with Gasteiger partial charge in [0.2, 0.25) is 0 Å². The Balaban J connectivity index is 1.60. The van der Waals surface area contributed by atoms with E-state index in [0.717, 1.165) is 22.3 Å². The number of rotatable bonds is 8. The number of benzene rings is 3. The molecule has 0 aromatic heterocycles. The van der Waals surface area contributed by atoms with E-state index >= 15 is 0 Å². The lowest BCUT2D eigenvalue weighted by molar-refractivity contribution is 0.286. The van der Waals surface area contributed by atoms with Crippen LogP contribution in [0.15, 0.2) is 94.5 Å². The average Bonchev–Trinajstić information content (AvgIpc) is 2.92. The van der Waals surface area contributed by atoms with Gasteiger partial charge in [0.05, 0.1) is 17.9 Å². The van der Waals surface area contributed by atoms with Crippen molar-refractivity contribution < 1.29 is 5.11 Å². The van der Waals surface area contributed by atoms with E-state index in [0.29, 0.717) is 34.4 Å². The summed E-state index contributed by atoms with van der Waals surface area (Å²) in [4.78, 5) is 7.58. The predicted molar refractivity (Wildman–Crippen MR) is 140 cm³/mol. The standard InChI is InChI=1S/C26H23N7OS/c27-16-23-24(21-10-8-20(9-11-21)19-4-2-1-3-5-19)30-26(31-25(23)29-14-15-34)35-17-18-6-12-22(13-7-18)32-33-28/h1-13,25,29,34H,14-15,17H2,(H,30,31). The van der Waals surface area contributed by atoms with Crippen molar-refractivity contribution in [2.24, 2.45) is 10.1 Å². The summed E-state index contributed by atoms with van der Waals surface area (Å²) < 4.78 is 0. The predicted octanol–water partition coefficient (Wildman–Crippen LogP) is 5.33. The number of thioether (sulfide) groups is 1. The summed E-state index contributed by atoms with van der Waals surface area (Å²) in [6.45, 7) is 0.289. The number of nitrogens with one attached hydrogen (secondary N) is 2. The van der Waals surface area contributed by atoms with Gasteiger partial charge >= 0.3 is 0 Å². The lowest BCUT2D eigenvalue weighted by Gasteiger charge is -2.27. The van der Waals surface area contributed by atoms with Crippen molar-refractivity contribution in [2.45, 2.75) is 11.9 Å². The van der Waals surface area contributed by atoms with Crippen LogP contribution in [0.5, 0.6) is 0 Å². The number of hydrogen-bond acceptors (Lipinski definition) is 7. The molecule has 3 aromatic rings. The SMILES string of the molecule is N#CC1=C(c2ccc(-c3ccccc3)cc2)N=C(SCc2ccc(N=[N+]=[N-])cc2)NC1NCCO. The third-order valence-electron chi connectivity index (χ3n) is 5.34. The summed E-state index contributed by atoms with van der Waals surface area (Å²) >= 11 is 1.51. The summed E-state index contributed by atoms with van der Waals surface area (Å²) in [5, 5.41) is 29.9. The van der Waals surface area contributed by atoms with Crippen molar-refractivity contribution in [3.8, 4) is 17.2 Å². The van der Waals surface area contributed by atoms with E-state index in [1.807, 2.05) is 54.6 Å². The molecule has 3 N–H and O–H groups in total. The molecule has 4 rings (SSSR count). The highest BCUT2D eigenvalue weighted by Gasteiger charge is 2.25. The number of amidine groups is 1. The molecule has 1 aliphatic heterocycles. The number of azide groups is 1. The molecule has 9 heteroatoms. The van der Waals surface area contributed by atoms with E-state index in [4.69, 9.17) is 10.5 Å². The Morgan fingerprint density at radius 3 is 2.37 bits per heavy atom. The fourth-order valence-electron chi connectivity index (χ4n) is 3.61. The Morgan fingerprint density at radius 1 is 1.03 bits per heavy atom. The lowest BCUT2D eigenvalue weighted by atomic mass is 10.00. The Morgan fingerprint density at radius 2 is 1.71 bits per heavy atom. The van der Waals surface area contributed by atoms with Crippen molar-refractivity contribution in [3.05, 3.63) is 106 Å². The van der Waals surface area contributed by atoms with E-state index < -0.39 is 6.17 Å². The Kier molecular flexibility index (Phi) is 8.17. The topological polar surface area (TPSA) is 129 Å². The molecule has 1 aliphatic rings. The van der Waals surface area contributed by atoms with Crippen molar-refractivity contribution in [1.82, 2.24) is 10.6 Å². The van der Waals surface area contributed by atoms with Crippen LogP contribution >= 0.6 is 11.8 Å². The Hall–Kier alpha value is -4.06. The van der Waals surface area contributed by atoms with Gasteiger partial charge in [0.25, 0.3) is 0 Å². The molecule has 0 amide bonds. The molecule has 0 bridgehead atoms. The molecule has 0 radical (unpaired) electrons. The molecule has 0 spiro atoms. The largest absolute Gasteiger partial charge is 0.395 e. The van der Waals surface area contributed by atoms with Gasteiger partial charge in [-0.1, -0.05) is 95.7 Å². The van der Waals surface area contributed by atoms with Crippen LogP contribution in [0, 0.1) is 11.3 Å². The maximum absolute atomic E-state index is 9.93. The molecule has 35 heavy (non-hydrogen) atoms. The van der Waals surface area contributed by atoms with Crippen molar-refractivity contribution in [1.29, 1.82) is 5.26 Å². The minimum absolute atomic E-state index is 0.0465. The Labute approximate surface area is 207 Å². The number of hydrogen-bond donors (Lipinski definition) is 3. The first-order valence-corrected chi connectivity index (χ1v) is 12.0. The number of aliphatic hydroxyl groups excluding tert-OH is 1. The van der Waals surface area contributed by atoms with Gasteiger partial charge in [0.1, 0.15) is 12.2 Å². The summed E-state index contributed by atoms with van der Waals surface area (Å²) in [7, 11) is 0. The minimum atomic E-state index is -0.469. The second kappa shape index (κ2) is 11.9. The summed E-state index contributed by atoms with van der Waals surface area (Å²) in [6.07, 6.45) is -0.469. The first-order chi connectivity index (χ1) is 17.2. The molecule has 174 valence electrons.